The monoisotopic (exact) mass is 281 g/mol. The molecule has 5 nitrogen and oxygen atoms in total. The second-order valence-corrected chi connectivity index (χ2v) is 4.73. The van der Waals surface area contributed by atoms with Crippen molar-refractivity contribution >= 4 is 11.9 Å². The summed E-state index contributed by atoms with van der Waals surface area (Å²) in [6.07, 6.45) is -0.0406. The number of halogens is 1. The van der Waals surface area contributed by atoms with Crippen molar-refractivity contribution in [3.05, 3.63) is 35.6 Å². The second kappa shape index (κ2) is 6.00. The zero-order valence-corrected chi connectivity index (χ0v) is 11.1. The highest BCUT2D eigenvalue weighted by Gasteiger charge is 2.44. The Bertz CT molecular complexity index is 502. The maximum atomic E-state index is 13.0. The number of carbonyl (C=O) groups excluding carboxylic acids is 1. The minimum atomic E-state index is -1.02. The molecule has 2 atom stereocenters. The molecule has 1 N–H and O–H groups in total. The molecule has 1 aromatic carbocycles. The van der Waals surface area contributed by atoms with E-state index in [0.29, 0.717) is 18.7 Å². The molecule has 6 heteroatoms. The highest BCUT2D eigenvalue weighted by atomic mass is 19.1. The van der Waals surface area contributed by atoms with Crippen LogP contribution in [0.15, 0.2) is 24.3 Å². The van der Waals surface area contributed by atoms with Crippen LogP contribution in [0, 0.1) is 11.7 Å². The average Bonchev–Trinajstić information content (AvgIpc) is 2.74. The van der Waals surface area contributed by atoms with Crippen LogP contribution < -0.4 is 0 Å². The first-order valence-corrected chi connectivity index (χ1v) is 6.31. The van der Waals surface area contributed by atoms with Crippen molar-refractivity contribution < 1.29 is 23.8 Å². The Kier molecular flexibility index (Phi) is 4.34. The minimum Gasteiger partial charge on any atom is -0.481 e. The van der Waals surface area contributed by atoms with Crippen molar-refractivity contribution in [1.82, 2.24) is 4.90 Å². The van der Waals surface area contributed by atoms with E-state index in [4.69, 9.17) is 4.74 Å². The van der Waals surface area contributed by atoms with E-state index in [2.05, 4.69) is 0 Å². The molecular weight excluding hydrogens is 265 g/mol. The summed E-state index contributed by atoms with van der Waals surface area (Å²) in [5, 5.41) is 9.28. The lowest BCUT2D eigenvalue weighted by Gasteiger charge is -2.27. The van der Waals surface area contributed by atoms with Crippen molar-refractivity contribution in [3.8, 4) is 0 Å². The van der Waals surface area contributed by atoms with Gasteiger partial charge in [0, 0.05) is 20.1 Å². The van der Waals surface area contributed by atoms with Gasteiger partial charge in [0.1, 0.15) is 5.82 Å². The van der Waals surface area contributed by atoms with Crippen molar-refractivity contribution in [2.75, 3.05) is 20.3 Å². The second-order valence-electron chi connectivity index (χ2n) is 4.73. The number of likely N-dealkylation sites (tertiary alicyclic amines) is 1. The number of nitrogens with zero attached hydrogens (tertiary/aromatic N) is 1. The van der Waals surface area contributed by atoms with Gasteiger partial charge in [-0.3, -0.25) is 9.59 Å². The molecular formula is C14H16FNO4. The van der Waals surface area contributed by atoms with E-state index in [1.807, 2.05) is 0 Å². The van der Waals surface area contributed by atoms with E-state index in [9.17, 15) is 19.1 Å². The zero-order valence-electron chi connectivity index (χ0n) is 11.1. The number of benzene rings is 1. The van der Waals surface area contributed by atoms with Gasteiger partial charge in [0.25, 0.3) is 0 Å². The largest absolute Gasteiger partial charge is 0.481 e. The summed E-state index contributed by atoms with van der Waals surface area (Å²) >= 11 is 0. The Morgan fingerprint density at radius 3 is 2.65 bits per heavy atom. The van der Waals surface area contributed by atoms with Gasteiger partial charge in [-0.2, -0.15) is 0 Å². The van der Waals surface area contributed by atoms with Crippen LogP contribution in [0.5, 0.6) is 0 Å². The van der Waals surface area contributed by atoms with Crippen molar-refractivity contribution in [2.45, 2.75) is 12.5 Å². The Balaban J connectivity index is 2.32. The topological polar surface area (TPSA) is 66.8 Å². The lowest BCUT2D eigenvalue weighted by atomic mass is 9.94. The van der Waals surface area contributed by atoms with Gasteiger partial charge in [-0.15, -0.1) is 0 Å². The third-order valence-corrected chi connectivity index (χ3v) is 3.50. The number of carboxylic acids is 1. The Hall–Kier alpha value is -1.95. The third-order valence-electron chi connectivity index (χ3n) is 3.50. The number of methoxy groups -OCH3 is 1. The minimum absolute atomic E-state index is 0.0406. The maximum absolute atomic E-state index is 13.0. The number of ether oxygens (including phenoxy) is 1. The van der Waals surface area contributed by atoms with Gasteiger partial charge in [0.2, 0.25) is 5.91 Å². The fourth-order valence-electron chi connectivity index (χ4n) is 2.54. The molecule has 1 amide bonds. The molecule has 2 rings (SSSR count). The summed E-state index contributed by atoms with van der Waals surface area (Å²) < 4.78 is 17.9. The molecule has 0 spiro atoms. The number of rotatable bonds is 5. The summed E-state index contributed by atoms with van der Waals surface area (Å²) in [4.78, 5) is 24.8. The molecule has 1 heterocycles. The highest BCUT2D eigenvalue weighted by molar-refractivity contribution is 5.87. The predicted octanol–water partition coefficient (Wildman–Crippen LogP) is 1.45. The van der Waals surface area contributed by atoms with E-state index in [-0.39, 0.29) is 12.3 Å². The van der Waals surface area contributed by atoms with E-state index in [1.165, 1.54) is 36.3 Å². The average molecular weight is 281 g/mol. The van der Waals surface area contributed by atoms with Gasteiger partial charge in [-0.1, -0.05) is 12.1 Å². The smallest absolute Gasteiger partial charge is 0.309 e. The number of hydrogen-bond donors (Lipinski definition) is 1. The van der Waals surface area contributed by atoms with Gasteiger partial charge in [0.15, 0.2) is 0 Å². The standard InChI is InChI=1S/C14H16FNO4/c1-20-7-6-16-12(17)8-11(14(18)19)13(16)9-2-4-10(15)5-3-9/h2-5,11,13H,6-8H2,1H3,(H,18,19). The van der Waals surface area contributed by atoms with Gasteiger partial charge < -0.3 is 14.7 Å². The van der Waals surface area contributed by atoms with Crippen LogP contribution in [0.1, 0.15) is 18.0 Å². The van der Waals surface area contributed by atoms with E-state index in [0.717, 1.165) is 0 Å². The molecule has 2 unspecified atom stereocenters. The molecule has 1 saturated heterocycles. The molecule has 0 aromatic heterocycles. The van der Waals surface area contributed by atoms with Crippen LogP contribution >= 0.6 is 0 Å². The van der Waals surface area contributed by atoms with Crippen LogP contribution in [0.3, 0.4) is 0 Å². The summed E-state index contributed by atoms with van der Waals surface area (Å²) in [6.45, 7) is 0.650. The van der Waals surface area contributed by atoms with Crippen molar-refractivity contribution in [3.63, 3.8) is 0 Å². The summed E-state index contributed by atoms with van der Waals surface area (Å²) in [7, 11) is 1.52. The first-order valence-electron chi connectivity index (χ1n) is 6.31. The lowest BCUT2D eigenvalue weighted by Crippen LogP contribution is -2.33. The Morgan fingerprint density at radius 2 is 2.10 bits per heavy atom. The first-order chi connectivity index (χ1) is 9.54. The molecule has 1 aromatic rings. The maximum Gasteiger partial charge on any atom is 0.309 e. The van der Waals surface area contributed by atoms with Crippen LogP contribution in [0.25, 0.3) is 0 Å². The molecule has 1 aliphatic heterocycles. The van der Waals surface area contributed by atoms with Gasteiger partial charge in [-0.25, -0.2) is 4.39 Å². The van der Waals surface area contributed by atoms with Crippen molar-refractivity contribution in [2.24, 2.45) is 5.92 Å². The molecule has 0 saturated carbocycles. The van der Waals surface area contributed by atoms with E-state index < -0.39 is 23.7 Å². The van der Waals surface area contributed by atoms with Crippen LogP contribution in [0.4, 0.5) is 4.39 Å². The van der Waals surface area contributed by atoms with E-state index >= 15 is 0 Å². The van der Waals surface area contributed by atoms with Gasteiger partial charge >= 0.3 is 5.97 Å². The first kappa shape index (κ1) is 14.5. The molecule has 1 aliphatic rings. The molecule has 108 valence electrons. The highest BCUT2D eigenvalue weighted by Crippen LogP contribution is 2.38. The SMILES string of the molecule is COCCN1C(=O)CC(C(=O)O)C1c1ccc(F)cc1. The number of aliphatic carboxylic acids is 1. The zero-order chi connectivity index (χ0) is 14.7. The Labute approximate surface area is 116 Å². The molecule has 1 fully saturated rings. The molecule has 0 radical (unpaired) electrons. The van der Waals surface area contributed by atoms with Gasteiger partial charge in [0.05, 0.1) is 18.6 Å². The van der Waals surface area contributed by atoms with Gasteiger partial charge in [-0.05, 0) is 17.7 Å². The summed E-state index contributed by atoms with van der Waals surface area (Å²) in [5.41, 5.74) is 0.626. The predicted molar refractivity (Wildman–Crippen MR) is 68.5 cm³/mol. The molecule has 0 bridgehead atoms. The van der Waals surface area contributed by atoms with Crippen LogP contribution in [-0.4, -0.2) is 42.1 Å². The fraction of sp³-hybridized carbons (Fsp3) is 0.429. The number of carbonyl (C=O) groups is 2. The quantitative estimate of drug-likeness (QED) is 0.887. The van der Waals surface area contributed by atoms with E-state index in [1.54, 1.807) is 0 Å². The summed E-state index contributed by atoms with van der Waals surface area (Å²) in [6, 6.07) is 5.01. The van der Waals surface area contributed by atoms with Crippen LogP contribution in [0.2, 0.25) is 0 Å². The lowest BCUT2D eigenvalue weighted by molar-refractivity contribution is -0.142. The summed E-state index contributed by atoms with van der Waals surface area (Å²) in [5.74, 6) is -2.45. The fourth-order valence-corrected chi connectivity index (χ4v) is 2.54. The van der Waals surface area contributed by atoms with Crippen LogP contribution in [-0.2, 0) is 14.3 Å². The number of amides is 1. The molecule has 0 aliphatic carbocycles. The Morgan fingerprint density at radius 1 is 1.45 bits per heavy atom. The number of hydrogen-bond acceptors (Lipinski definition) is 3. The third kappa shape index (κ3) is 2.80. The van der Waals surface area contributed by atoms with Crippen molar-refractivity contribution in [1.29, 1.82) is 0 Å². The normalized spacial score (nSPS) is 22.3. The molecule has 20 heavy (non-hydrogen) atoms. The number of carboxylic acid groups (broad SMARTS) is 1.